The summed E-state index contributed by atoms with van der Waals surface area (Å²) >= 11 is 0. The maximum atomic E-state index is 12.9. The van der Waals surface area contributed by atoms with Gasteiger partial charge in [0.15, 0.2) is 5.65 Å². The molecule has 0 spiro atoms. The molecule has 8 nitrogen and oxygen atoms in total. The minimum Gasteiger partial charge on any atom is -0.462 e. The van der Waals surface area contributed by atoms with Gasteiger partial charge < -0.3 is 9.47 Å². The van der Waals surface area contributed by atoms with Crippen LogP contribution in [0.3, 0.4) is 0 Å². The number of fused-ring (bicyclic) bond motifs is 2. The quantitative estimate of drug-likeness (QED) is 0.351. The van der Waals surface area contributed by atoms with Crippen LogP contribution in [0.5, 0.6) is 0 Å². The highest BCUT2D eigenvalue weighted by Crippen LogP contribution is 2.11. The molecule has 0 saturated heterocycles. The number of pyridine rings is 2. The van der Waals surface area contributed by atoms with Gasteiger partial charge >= 0.3 is 5.97 Å². The van der Waals surface area contributed by atoms with Crippen molar-refractivity contribution in [3.8, 4) is 0 Å². The molecule has 3 aromatic heterocycles. The first kappa shape index (κ1) is 19.8. The summed E-state index contributed by atoms with van der Waals surface area (Å²) in [5.41, 5.74) is -0.371. The van der Waals surface area contributed by atoms with Gasteiger partial charge in [-0.1, -0.05) is 6.07 Å². The monoisotopic (exact) mass is 385 g/mol. The van der Waals surface area contributed by atoms with E-state index in [9.17, 15) is 14.4 Å². The van der Waals surface area contributed by atoms with Crippen molar-refractivity contribution in [3.63, 3.8) is 0 Å². The van der Waals surface area contributed by atoms with Crippen molar-refractivity contribution in [3.05, 3.63) is 56.7 Å². The molecule has 0 aliphatic rings. The lowest BCUT2D eigenvalue weighted by molar-refractivity contribution is 0.0523. The molecule has 0 atom stereocenters. The summed E-state index contributed by atoms with van der Waals surface area (Å²) in [5, 5.41) is 0.191. The van der Waals surface area contributed by atoms with E-state index in [0.717, 1.165) is 0 Å². The number of hydrogen-bond acceptors (Lipinski definition) is 6. The van der Waals surface area contributed by atoms with Crippen LogP contribution in [0.2, 0.25) is 0 Å². The van der Waals surface area contributed by atoms with Crippen LogP contribution in [0, 0.1) is 0 Å². The SMILES string of the molecule is CCOC(=O)c1cc2c(=O)n3ccccc3nc2n(CCCOC(C)C)c1=O. The molecule has 0 saturated carbocycles. The molecular weight excluding hydrogens is 362 g/mol. The van der Waals surface area contributed by atoms with E-state index >= 15 is 0 Å². The molecule has 8 heteroatoms. The molecule has 0 bridgehead atoms. The fourth-order valence-electron chi connectivity index (χ4n) is 2.97. The molecule has 3 heterocycles. The predicted octanol–water partition coefficient (Wildman–Crippen LogP) is 2.00. The third-order valence-corrected chi connectivity index (χ3v) is 4.24. The summed E-state index contributed by atoms with van der Waals surface area (Å²) in [7, 11) is 0. The Bertz CT molecular complexity index is 1130. The van der Waals surface area contributed by atoms with E-state index < -0.39 is 11.5 Å². The minimum atomic E-state index is -0.751. The average Bonchev–Trinajstić information content (AvgIpc) is 2.66. The highest BCUT2D eigenvalue weighted by molar-refractivity contribution is 5.93. The summed E-state index contributed by atoms with van der Waals surface area (Å²) < 4.78 is 13.3. The lowest BCUT2D eigenvalue weighted by Crippen LogP contribution is -2.31. The lowest BCUT2D eigenvalue weighted by Gasteiger charge is -2.13. The number of hydrogen-bond donors (Lipinski definition) is 0. The summed E-state index contributed by atoms with van der Waals surface area (Å²) in [4.78, 5) is 42.6. The highest BCUT2D eigenvalue weighted by atomic mass is 16.5. The summed E-state index contributed by atoms with van der Waals surface area (Å²) in [6.45, 7) is 6.36. The second-order valence-corrected chi connectivity index (χ2v) is 6.59. The first-order valence-electron chi connectivity index (χ1n) is 9.27. The molecule has 0 aliphatic carbocycles. The second-order valence-electron chi connectivity index (χ2n) is 6.59. The molecule has 0 aliphatic heterocycles. The number of carbonyl (C=O) groups excluding carboxylic acids is 1. The van der Waals surface area contributed by atoms with Gasteiger partial charge in [0.25, 0.3) is 11.1 Å². The van der Waals surface area contributed by atoms with Crippen LogP contribution in [0.25, 0.3) is 16.7 Å². The number of ether oxygens (including phenoxy) is 2. The fourth-order valence-corrected chi connectivity index (χ4v) is 2.97. The van der Waals surface area contributed by atoms with Crippen molar-refractivity contribution in [1.29, 1.82) is 0 Å². The smallest absolute Gasteiger partial charge is 0.343 e. The Labute approximate surface area is 161 Å². The van der Waals surface area contributed by atoms with Crippen molar-refractivity contribution in [2.45, 2.75) is 39.8 Å². The fraction of sp³-hybridized carbons (Fsp3) is 0.400. The zero-order valence-electron chi connectivity index (χ0n) is 16.2. The number of aromatic nitrogens is 3. The maximum Gasteiger partial charge on any atom is 0.343 e. The second kappa shape index (κ2) is 8.35. The third-order valence-electron chi connectivity index (χ3n) is 4.24. The van der Waals surface area contributed by atoms with Crippen LogP contribution in [-0.2, 0) is 16.0 Å². The Morgan fingerprint density at radius 2 is 2.00 bits per heavy atom. The molecule has 3 rings (SSSR count). The lowest BCUT2D eigenvalue weighted by atomic mass is 10.2. The highest BCUT2D eigenvalue weighted by Gasteiger charge is 2.20. The van der Waals surface area contributed by atoms with Crippen LogP contribution in [-0.4, -0.2) is 39.2 Å². The molecule has 28 heavy (non-hydrogen) atoms. The summed E-state index contributed by atoms with van der Waals surface area (Å²) in [5.74, 6) is -0.751. The Morgan fingerprint density at radius 3 is 2.71 bits per heavy atom. The number of rotatable bonds is 7. The van der Waals surface area contributed by atoms with E-state index in [2.05, 4.69) is 4.98 Å². The van der Waals surface area contributed by atoms with Crippen LogP contribution >= 0.6 is 0 Å². The summed E-state index contributed by atoms with van der Waals surface area (Å²) in [6, 6.07) is 6.45. The normalized spacial score (nSPS) is 11.4. The number of esters is 1. The van der Waals surface area contributed by atoms with Gasteiger partial charge in [-0.2, -0.15) is 0 Å². The van der Waals surface area contributed by atoms with Gasteiger partial charge in [0.1, 0.15) is 11.2 Å². The van der Waals surface area contributed by atoms with E-state index in [1.54, 1.807) is 31.3 Å². The van der Waals surface area contributed by atoms with Gasteiger partial charge in [0, 0.05) is 19.3 Å². The van der Waals surface area contributed by atoms with E-state index in [4.69, 9.17) is 9.47 Å². The van der Waals surface area contributed by atoms with Crippen LogP contribution in [0.4, 0.5) is 0 Å². The van der Waals surface area contributed by atoms with Crippen LogP contribution in [0.1, 0.15) is 37.6 Å². The van der Waals surface area contributed by atoms with Crippen molar-refractivity contribution in [2.75, 3.05) is 13.2 Å². The molecule has 0 amide bonds. The first-order chi connectivity index (χ1) is 13.4. The topological polar surface area (TPSA) is 91.9 Å². The molecule has 3 aromatic rings. The molecule has 148 valence electrons. The number of aryl methyl sites for hydroxylation is 1. The zero-order chi connectivity index (χ0) is 20.3. The van der Waals surface area contributed by atoms with Crippen molar-refractivity contribution in [2.24, 2.45) is 0 Å². The molecule has 0 unspecified atom stereocenters. The molecule has 0 radical (unpaired) electrons. The molecule has 0 N–H and O–H groups in total. The summed E-state index contributed by atoms with van der Waals surface area (Å²) in [6.07, 6.45) is 2.21. The van der Waals surface area contributed by atoms with Gasteiger partial charge in [-0.15, -0.1) is 0 Å². The van der Waals surface area contributed by atoms with Gasteiger partial charge in [-0.25, -0.2) is 9.78 Å². The molecular formula is C20H23N3O5. The predicted molar refractivity (Wildman–Crippen MR) is 105 cm³/mol. The van der Waals surface area contributed by atoms with Gasteiger partial charge in [-0.3, -0.25) is 18.6 Å². The van der Waals surface area contributed by atoms with Gasteiger partial charge in [0.05, 0.1) is 18.1 Å². The van der Waals surface area contributed by atoms with E-state index in [0.29, 0.717) is 18.7 Å². The Kier molecular flexibility index (Phi) is 5.89. The first-order valence-corrected chi connectivity index (χ1v) is 9.27. The van der Waals surface area contributed by atoms with Gasteiger partial charge in [0.2, 0.25) is 0 Å². The Hall–Kier alpha value is -3.00. The van der Waals surface area contributed by atoms with E-state index in [1.165, 1.54) is 15.0 Å². The largest absolute Gasteiger partial charge is 0.462 e. The van der Waals surface area contributed by atoms with Crippen LogP contribution < -0.4 is 11.1 Å². The van der Waals surface area contributed by atoms with Gasteiger partial charge in [-0.05, 0) is 45.4 Å². The Balaban J connectivity index is 2.21. The van der Waals surface area contributed by atoms with Crippen molar-refractivity contribution in [1.82, 2.24) is 14.0 Å². The number of carbonyl (C=O) groups is 1. The molecule has 0 aromatic carbocycles. The standard InChI is InChI=1S/C20H23N3O5/c1-4-27-20(26)15-12-14-17(21-16-8-5-6-9-22(16)18(14)24)23(19(15)25)10-7-11-28-13(2)3/h5-6,8-9,12-13H,4,7,10-11H2,1-3H3. The zero-order valence-corrected chi connectivity index (χ0v) is 16.2. The molecule has 0 fully saturated rings. The van der Waals surface area contributed by atoms with E-state index in [-0.39, 0.29) is 41.4 Å². The van der Waals surface area contributed by atoms with Crippen LogP contribution in [0.15, 0.2) is 40.1 Å². The minimum absolute atomic E-state index is 0.0750. The van der Waals surface area contributed by atoms with Crippen molar-refractivity contribution >= 4 is 22.6 Å². The average molecular weight is 385 g/mol. The van der Waals surface area contributed by atoms with Crippen molar-refractivity contribution < 1.29 is 14.3 Å². The maximum absolute atomic E-state index is 12.9. The van der Waals surface area contributed by atoms with E-state index in [1.807, 2.05) is 13.8 Å². The number of nitrogens with zero attached hydrogens (tertiary/aromatic N) is 3. The third kappa shape index (κ3) is 3.82. The Morgan fingerprint density at radius 1 is 1.21 bits per heavy atom.